The van der Waals surface area contributed by atoms with Crippen molar-refractivity contribution in [3.63, 3.8) is 0 Å². The lowest BCUT2D eigenvalue weighted by molar-refractivity contribution is -0.104. The molecule has 0 N–H and O–H groups in total. The molecular weight excluding hydrogens is 283 g/mol. The molecule has 0 aromatic heterocycles. The minimum Gasteiger partial charge on any atom is -0.373 e. The summed E-state index contributed by atoms with van der Waals surface area (Å²) in [7, 11) is 0. The molecule has 1 fully saturated rings. The van der Waals surface area contributed by atoms with E-state index in [2.05, 4.69) is 29.8 Å². The number of rotatable bonds is 4. The predicted octanol–water partition coefficient (Wildman–Crippen LogP) is 4.29. The third kappa shape index (κ3) is 2.41. The van der Waals surface area contributed by atoms with Crippen LogP contribution in [0.1, 0.15) is 32.3 Å². The van der Waals surface area contributed by atoms with E-state index in [1.807, 2.05) is 6.07 Å². The van der Waals surface area contributed by atoms with E-state index in [0.717, 1.165) is 12.8 Å². The number of benzene rings is 1. The van der Waals surface area contributed by atoms with Crippen LogP contribution in [0.25, 0.3) is 0 Å². The van der Waals surface area contributed by atoms with Gasteiger partial charge in [0.05, 0.1) is 12.7 Å². The van der Waals surface area contributed by atoms with Crippen molar-refractivity contribution in [2.24, 2.45) is 5.41 Å². The van der Waals surface area contributed by atoms with Crippen molar-refractivity contribution in [1.29, 1.82) is 0 Å². The highest BCUT2D eigenvalue weighted by atomic mass is 79.9. The quantitative estimate of drug-likeness (QED) is 0.754. The van der Waals surface area contributed by atoms with Crippen LogP contribution in [0.2, 0.25) is 0 Å². The van der Waals surface area contributed by atoms with Crippen LogP contribution in [0.15, 0.2) is 24.3 Å². The second-order valence-electron chi connectivity index (χ2n) is 4.95. The molecule has 0 amide bonds. The van der Waals surface area contributed by atoms with Gasteiger partial charge in [0, 0.05) is 15.8 Å². The topological polar surface area (TPSA) is 9.23 Å². The van der Waals surface area contributed by atoms with E-state index in [1.165, 1.54) is 6.07 Å². The summed E-state index contributed by atoms with van der Waals surface area (Å²) < 4.78 is 19.3. The van der Waals surface area contributed by atoms with Crippen molar-refractivity contribution in [2.75, 3.05) is 0 Å². The number of halogens is 2. The Morgan fingerprint density at radius 2 is 2.18 bits per heavy atom. The molecule has 1 aromatic carbocycles. The predicted molar refractivity (Wildman–Crippen MR) is 70.7 cm³/mol. The van der Waals surface area contributed by atoms with Crippen LogP contribution in [0.3, 0.4) is 0 Å². The van der Waals surface area contributed by atoms with Crippen LogP contribution >= 0.6 is 15.9 Å². The van der Waals surface area contributed by atoms with Gasteiger partial charge < -0.3 is 4.74 Å². The zero-order valence-corrected chi connectivity index (χ0v) is 11.8. The molecule has 3 heteroatoms. The zero-order valence-electron chi connectivity index (χ0n) is 10.2. The van der Waals surface area contributed by atoms with Gasteiger partial charge in [-0.3, -0.25) is 0 Å². The first-order valence-corrected chi connectivity index (χ1v) is 6.98. The summed E-state index contributed by atoms with van der Waals surface area (Å²) in [5, 5.41) is 0. The molecule has 0 aliphatic heterocycles. The lowest BCUT2D eigenvalue weighted by atomic mass is 9.66. The van der Waals surface area contributed by atoms with Crippen LogP contribution in [0, 0.1) is 11.2 Å². The Hall–Kier alpha value is -0.410. The third-order valence-electron chi connectivity index (χ3n) is 4.03. The molecule has 1 saturated carbocycles. The van der Waals surface area contributed by atoms with Gasteiger partial charge in [-0.15, -0.1) is 0 Å². The average molecular weight is 301 g/mol. The minimum atomic E-state index is -0.180. The molecule has 3 atom stereocenters. The SMILES string of the molecule is CCC1(C)C(Br)CC1OCc1ccccc1F. The van der Waals surface area contributed by atoms with Crippen LogP contribution in [0.4, 0.5) is 4.39 Å². The number of hydrogen-bond donors (Lipinski definition) is 0. The van der Waals surface area contributed by atoms with Gasteiger partial charge in [-0.25, -0.2) is 4.39 Å². The number of alkyl halides is 1. The fourth-order valence-electron chi connectivity index (χ4n) is 2.28. The highest BCUT2D eigenvalue weighted by molar-refractivity contribution is 9.09. The van der Waals surface area contributed by atoms with E-state index >= 15 is 0 Å². The molecule has 0 bridgehead atoms. The highest BCUT2D eigenvalue weighted by Gasteiger charge is 2.49. The summed E-state index contributed by atoms with van der Waals surface area (Å²) >= 11 is 3.67. The van der Waals surface area contributed by atoms with Crippen LogP contribution < -0.4 is 0 Å². The Labute approximate surface area is 110 Å². The molecule has 0 spiro atoms. The highest BCUT2D eigenvalue weighted by Crippen LogP contribution is 2.50. The van der Waals surface area contributed by atoms with Crippen molar-refractivity contribution in [3.05, 3.63) is 35.6 Å². The Morgan fingerprint density at radius 1 is 1.47 bits per heavy atom. The van der Waals surface area contributed by atoms with Crippen LogP contribution in [-0.2, 0) is 11.3 Å². The summed E-state index contributed by atoms with van der Waals surface area (Å²) in [4.78, 5) is 0.519. The molecule has 0 radical (unpaired) electrons. The Bertz CT molecular complexity index is 396. The molecule has 2 rings (SSSR count). The van der Waals surface area contributed by atoms with Crippen LogP contribution in [0.5, 0.6) is 0 Å². The fraction of sp³-hybridized carbons (Fsp3) is 0.571. The summed E-state index contributed by atoms with van der Waals surface area (Å²) in [6.45, 7) is 4.77. The van der Waals surface area contributed by atoms with Crippen molar-refractivity contribution in [3.8, 4) is 0 Å². The maximum Gasteiger partial charge on any atom is 0.128 e. The first kappa shape index (κ1) is 13.0. The Morgan fingerprint density at radius 3 is 2.76 bits per heavy atom. The first-order chi connectivity index (χ1) is 8.08. The van der Waals surface area contributed by atoms with E-state index in [1.54, 1.807) is 12.1 Å². The van der Waals surface area contributed by atoms with E-state index in [-0.39, 0.29) is 17.3 Å². The minimum absolute atomic E-state index is 0.180. The molecule has 3 unspecified atom stereocenters. The molecule has 1 aliphatic carbocycles. The van der Waals surface area contributed by atoms with E-state index in [9.17, 15) is 4.39 Å². The standard InChI is InChI=1S/C14H18BrFO/c1-3-14(2)12(15)8-13(14)17-9-10-6-4-5-7-11(10)16/h4-7,12-13H,3,8-9H2,1-2H3. The Kier molecular flexibility index (Phi) is 3.88. The second-order valence-corrected chi connectivity index (χ2v) is 6.06. The molecule has 0 heterocycles. The monoisotopic (exact) mass is 300 g/mol. The Balaban J connectivity index is 1.94. The van der Waals surface area contributed by atoms with Crippen molar-refractivity contribution < 1.29 is 9.13 Å². The van der Waals surface area contributed by atoms with Gasteiger partial charge in [-0.2, -0.15) is 0 Å². The van der Waals surface area contributed by atoms with Crippen molar-refractivity contribution >= 4 is 15.9 Å². The van der Waals surface area contributed by atoms with E-state index in [4.69, 9.17) is 4.74 Å². The smallest absolute Gasteiger partial charge is 0.128 e. The van der Waals surface area contributed by atoms with Gasteiger partial charge in [0.15, 0.2) is 0 Å². The summed E-state index contributed by atoms with van der Waals surface area (Å²) in [5.41, 5.74) is 0.828. The average Bonchev–Trinajstić information content (AvgIpc) is 2.35. The van der Waals surface area contributed by atoms with Gasteiger partial charge in [0.25, 0.3) is 0 Å². The maximum atomic E-state index is 13.4. The van der Waals surface area contributed by atoms with Crippen molar-refractivity contribution in [1.82, 2.24) is 0 Å². The lowest BCUT2D eigenvalue weighted by Gasteiger charge is -2.51. The van der Waals surface area contributed by atoms with Gasteiger partial charge >= 0.3 is 0 Å². The van der Waals surface area contributed by atoms with Crippen LogP contribution in [-0.4, -0.2) is 10.9 Å². The molecule has 94 valence electrons. The molecule has 1 nitrogen and oxygen atoms in total. The first-order valence-electron chi connectivity index (χ1n) is 6.07. The lowest BCUT2D eigenvalue weighted by Crippen LogP contribution is -2.53. The molecule has 1 aliphatic rings. The third-order valence-corrected chi connectivity index (χ3v) is 5.45. The van der Waals surface area contributed by atoms with E-state index < -0.39 is 0 Å². The molecule has 1 aromatic rings. The number of ether oxygens (including phenoxy) is 1. The normalized spacial score (nSPS) is 32.2. The molecular formula is C14H18BrFO. The fourth-order valence-corrected chi connectivity index (χ4v) is 3.24. The van der Waals surface area contributed by atoms with Crippen molar-refractivity contribution in [2.45, 2.75) is 44.2 Å². The summed E-state index contributed by atoms with van der Waals surface area (Å²) in [5.74, 6) is -0.180. The maximum absolute atomic E-state index is 13.4. The van der Waals surface area contributed by atoms with Gasteiger partial charge in [0.1, 0.15) is 5.82 Å². The van der Waals surface area contributed by atoms with E-state index in [0.29, 0.717) is 17.0 Å². The second kappa shape index (κ2) is 5.07. The molecule has 0 saturated heterocycles. The van der Waals surface area contributed by atoms with Gasteiger partial charge in [-0.1, -0.05) is 48.0 Å². The summed E-state index contributed by atoms with van der Waals surface area (Å²) in [6.07, 6.45) is 2.32. The zero-order chi connectivity index (χ0) is 12.5. The van der Waals surface area contributed by atoms with Gasteiger partial charge in [0.2, 0.25) is 0 Å². The van der Waals surface area contributed by atoms with Gasteiger partial charge in [-0.05, 0) is 18.9 Å². The summed E-state index contributed by atoms with van der Waals surface area (Å²) in [6, 6.07) is 6.80. The molecule has 17 heavy (non-hydrogen) atoms. The number of hydrogen-bond acceptors (Lipinski definition) is 1. The largest absolute Gasteiger partial charge is 0.373 e.